The number of phenolic OH excluding ortho intramolecular Hbond substituents is 1. The lowest BCUT2D eigenvalue weighted by molar-refractivity contribution is -0.158. The number of benzene rings is 2. The molecule has 1 saturated heterocycles. The molecule has 4 atom stereocenters. The predicted molar refractivity (Wildman–Crippen MR) is 154 cm³/mol. The van der Waals surface area contributed by atoms with Gasteiger partial charge in [-0.1, -0.05) is 19.1 Å². The molecule has 1 spiro atoms. The van der Waals surface area contributed by atoms with Crippen LogP contribution in [-0.4, -0.2) is 57.4 Å². The van der Waals surface area contributed by atoms with Crippen molar-refractivity contribution >= 4 is 11.9 Å². The quantitative estimate of drug-likeness (QED) is 0.253. The number of methoxy groups -OCH3 is 3. The van der Waals surface area contributed by atoms with Gasteiger partial charge in [0, 0.05) is 39.3 Å². The average Bonchev–Trinajstić information content (AvgIpc) is 3.69. The Hall–Kier alpha value is -4.38. The number of allylic oxidation sites excluding steroid dienone is 2. The Morgan fingerprint density at radius 2 is 1.53 bits per heavy atom. The van der Waals surface area contributed by atoms with E-state index < -0.39 is 35.7 Å². The first-order valence-corrected chi connectivity index (χ1v) is 13.9. The zero-order chi connectivity index (χ0) is 31.2. The molecule has 1 aliphatic carbocycles. The molecule has 0 amide bonds. The molecule has 0 bridgehead atoms. The van der Waals surface area contributed by atoms with Crippen LogP contribution in [-0.2, 0) is 23.8 Å². The fourth-order valence-corrected chi connectivity index (χ4v) is 5.67. The molecule has 11 heteroatoms. The van der Waals surface area contributed by atoms with Gasteiger partial charge < -0.3 is 43.0 Å². The van der Waals surface area contributed by atoms with E-state index >= 15 is 0 Å². The number of phenols is 1. The van der Waals surface area contributed by atoms with E-state index in [0.717, 1.165) is 0 Å². The van der Waals surface area contributed by atoms with Crippen LogP contribution in [0.25, 0.3) is 11.1 Å². The minimum absolute atomic E-state index is 0.0410. The van der Waals surface area contributed by atoms with Gasteiger partial charge in [0.25, 0.3) is 0 Å². The fourth-order valence-electron chi connectivity index (χ4n) is 5.67. The maximum Gasteiger partial charge on any atom is 0.334 e. The van der Waals surface area contributed by atoms with Crippen LogP contribution in [0.5, 0.6) is 34.5 Å². The van der Waals surface area contributed by atoms with Crippen molar-refractivity contribution in [3.05, 3.63) is 46.6 Å². The van der Waals surface area contributed by atoms with E-state index in [-0.39, 0.29) is 42.0 Å². The summed E-state index contributed by atoms with van der Waals surface area (Å²) in [6.45, 7) is 8.76. The van der Waals surface area contributed by atoms with Crippen molar-refractivity contribution < 1.29 is 52.6 Å². The fraction of sp³-hybridized carbons (Fsp3) is 0.438. The maximum atomic E-state index is 13.3. The highest BCUT2D eigenvalue weighted by atomic mass is 16.7. The molecule has 0 saturated carbocycles. The molecule has 3 aliphatic rings. The van der Waals surface area contributed by atoms with E-state index in [1.54, 1.807) is 52.0 Å². The standard InChI is InChI=1S/C32H36O11/c1-9-15(3)30(34)42-25-17(5)32(13-41-32)29(43-31(35)16(4)10-2)19-12-20(36-6)26(37-7)24(33)22(19)23-18(25)11-21-27(28(23)38-8)40-14-39-21/h9-12,17,25,29,33H,13-14H2,1-8H3/b15-9-,16-10-/t17-,25+,29-,32+/m0/s1. The Labute approximate surface area is 249 Å². The molecule has 43 heavy (non-hydrogen) atoms. The van der Waals surface area contributed by atoms with Crippen LogP contribution in [0, 0.1) is 5.92 Å². The van der Waals surface area contributed by atoms with Crippen molar-refractivity contribution in [1.29, 1.82) is 0 Å². The zero-order valence-corrected chi connectivity index (χ0v) is 25.5. The summed E-state index contributed by atoms with van der Waals surface area (Å²) >= 11 is 0. The van der Waals surface area contributed by atoms with Crippen molar-refractivity contribution in [2.24, 2.45) is 5.92 Å². The molecule has 230 valence electrons. The van der Waals surface area contributed by atoms with E-state index in [9.17, 15) is 14.7 Å². The summed E-state index contributed by atoms with van der Waals surface area (Å²) < 4.78 is 47.2. The molecular formula is C32H36O11. The summed E-state index contributed by atoms with van der Waals surface area (Å²) in [7, 11) is 4.30. The lowest BCUT2D eigenvalue weighted by Crippen LogP contribution is -2.39. The number of fused-ring (bicyclic) bond motifs is 4. The van der Waals surface area contributed by atoms with Crippen LogP contribution in [0.4, 0.5) is 0 Å². The third kappa shape index (κ3) is 4.71. The van der Waals surface area contributed by atoms with Gasteiger partial charge in [-0.3, -0.25) is 0 Å². The summed E-state index contributed by atoms with van der Waals surface area (Å²) in [5.41, 5.74) is 1.05. The van der Waals surface area contributed by atoms with Gasteiger partial charge in [-0.25, -0.2) is 9.59 Å². The second-order valence-electron chi connectivity index (χ2n) is 10.6. The van der Waals surface area contributed by atoms with Crippen molar-refractivity contribution in [3.63, 3.8) is 0 Å². The number of hydrogen-bond donors (Lipinski definition) is 1. The highest BCUT2D eigenvalue weighted by Gasteiger charge is 2.63. The number of ether oxygens (including phenoxy) is 8. The predicted octanol–water partition coefficient (Wildman–Crippen LogP) is 5.33. The summed E-state index contributed by atoms with van der Waals surface area (Å²) in [6.07, 6.45) is 1.26. The molecule has 0 aromatic heterocycles. The number of hydrogen-bond acceptors (Lipinski definition) is 11. The SMILES string of the molecule is C/C=C(/C)C(=O)O[C@H]1c2cc3c(c(OC)c2-c2c(cc(OC)c(OC)c2O)[C@H](OC(=O)/C(C)=C\C)[C@@]2(CO2)[C@H]1C)OCO3. The van der Waals surface area contributed by atoms with E-state index in [1.165, 1.54) is 21.3 Å². The number of epoxide rings is 1. The van der Waals surface area contributed by atoms with Gasteiger partial charge in [0.05, 0.1) is 27.9 Å². The summed E-state index contributed by atoms with van der Waals surface area (Å²) in [6, 6.07) is 3.36. The summed E-state index contributed by atoms with van der Waals surface area (Å²) in [5.74, 6) is -0.840. The molecule has 2 heterocycles. The Morgan fingerprint density at radius 1 is 0.907 bits per heavy atom. The van der Waals surface area contributed by atoms with Gasteiger partial charge in [-0.15, -0.1) is 0 Å². The third-order valence-corrected chi connectivity index (χ3v) is 8.48. The van der Waals surface area contributed by atoms with Crippen LogP contribution >= 0.6 is 0 Å². The molecule has 0 radical (unpaired) electrons. The number of carbonyl (C=O) groups is 2. The van der Waals surface area contributed by atoms with Crippen LogP contribution < -0.4 is 23.7 Å². The third-order valence-electron chi connectivity index (χ3n) is 8.48. The minimum atomic E-state index is -1.14. The second-order valence-corrected chi connectivity index (χ2v) is 10.6. The molecule has 2 aromatic carbocycles. The Kier molecular flexibility index (Phi) is 7.95. The van der Waals surface area contributed by atoms with Gasteiger partial charge in [0.2, 0.25) is 18.3 Å². The van der Waals surface area contributed by atoms with E-state index in [2.05, 4.69) is 0 Å². The Bertz CT molecular complexity index is 1530. The maximum absolute atomic E-state index is 13.3. The van der Waals surface area contributed by atoms with E-state index in [4.69, 9.17) is 37.9 Å². The summed E-state index contributed by atoms with van der Waals surface area (Å²) in [4.78, 5) is 26.6. The molecule has 5 rings (SSSR count). The minimum Gasteiger partial charge on any atom is -0.504 e. The van der Waals surface area contributed by atoms with Crippen molar-refractivity contribution in [1.82, 2.24) is 0 Å². The number of carbonyl (C=O) groups excluding carboxylic acids is 2. The molecular weight excluding hydrogens is 560 g/mol. The first kappa shape index (κ1) is 30.1. The van der Waals surface area contributed by atoms with Gasteiger partial charge >= 0.3 is 11.9 Å². The number of aromatic hydroxyl groups is 1. The second kappa shape index (κ2) is 11.4. The van der Waals surface area contributed by atoms with Gasteiger partial charge in [-0.2, -0.15) is 0 Å². The molecule has 11 nitrogen and oxygen atoms in total. The van der Waals surface area contributed by atoms with Crippen LogP contribution in [0.3, 0.4) is 0 Å². The van der Waals surface area contributed by atoms with Crippen LogP contribution in [0.2, 0.25) is 0 Å². The van der Waals surface area contributed by atoms with Crippen molar-refractivity contribution in [2.45, 2.75) is 52.4 Å². The largest absolute Gasteiger partial charge is 0.504 e. The van der Waals surface area contributed by atoms with Crippen LogP contribution in [0.1, 0.15) is 58.0 Å². The summed E-state index contributed by atoms with van der Waals surface area (Å²) in [5, 5.41) is 11.9. The lowest BCUT2D eigenvalue weighted by Gasteiger charge is -2.38. The van der Waals surface area contributed by atoms with E-state index in [1.807, 2.05) is 6.92 Å². The van der Waals surface area contributed by atoms with Crippen LogP contribution in [0.15, 0.2) is 35.4 Å². The molecule has 2 aromatic rings. The average molecular weight is 597 g/mol. The highest BCUT2D eigenvalue weighted by molar-refractivity contribution is 5.92. The van der Waals surface area contributed by atoms with E-state index in [0.29, 0.717) is 39.3 Å². The molecule has 2 aliphatic heterocycles. The Morgan fingerprint density at radius 3 is 2.09 bits per heavy atom. The Balaban J connectivity index is 1.92. The molecule has 0 unspecified atom stereocenters. The monoisotopic (exact) mass is 596 g/mol. The highest BCUT2D eigenvalue weighted by Crippen LogP contribution is 2.63. The smallest absolute Gasteiger partial charge is 0.334 e. The molecule has 1 fully saturated rings. The topological polar surface area (TPSA) is 132 Å². The molecule has 1 N–H and O–H groups in total. The van der Waals surface area contributed by atoms with Gasteiger partial charge in [-0.05, 0) is 39.8 Å². The first-order chi connectivity index (χ1) is 20.6. The number of rotatable bonds is 7. The lowest BCUT2D eigenvalue weighted by atomic mass is 9.73. The number of esters is 2. The van der Waals surface area contributed by atoms with Crippen molar-refractivity contribution in [2.75, 3.05) is 34.7 Å². The zero-order valence-electron chi connectivity index (χ0n) is 25.5. The van der Waals surface area contributed by atoms with Crippen molar-refractivity contribution in [3.8, 4) is 45.6 Å². The van der Waals surface area contributed by atoms with Gasteiger partial charge in [0.1, 0.15) is 11.7 Å². The first-order valence-electron chi connectivity index (χ1n) is 13.9. The normalized spacial score (nSPS) is 23.9. The van der Waals surface area contributed by atoms with Gasteiger partial charge in [0.15, 0.2) is 29.1 Å².